The van der Waals surface area contributed by atoms with Gasteiger partial charge in [0.2, 0.25) is 0 Å². The second kappa shape index (κ2) is 2.14. The number of aliphatic hydroxyl groups is 1. The van der Waals surface area contributed by atoms with E-state index < -0.39 is 0 Å². The maximum Gasteiger partial charge on any atom is 0.0868 e. The summed E-state index contributed by atoms with van der Waals surface area (Å²) in [4.78, 5) is 0. The monoisotopic (exact) mass is 127 g/mol. The summed E-state index contributed by atoms with van der Waals surface area (Å²) in [6.07, 6.45) is 0. The van der Waals surface area contributed by atoms with Crippen molar-refractivity contribution in [3.05, 3.63) is 11.4 Å². The van der Waals surface area contributed by atoms with Gasteiger partial charge in [0.25, 0.3) is 0 Å². The first-order chi connectivity index (χ1) is 4.25. The van der Waals surface area contributed by atoms with Crippen LogP contribution in [0.25, 0.3) is 0 Å². The normalized spacial score (nSPS) is 10.1. The molecule has 0 bridgehead atoms. The van der Waals surface area contributed by atoms with Crippen molar-refractivity contribution < 1.29 is 5.11 Å². The fourth-order valence-corrected chi connectivity index (χ4v) is 0.697. The molecule has 0 radical (unpaired) electrons. The van der Waals surface area contributed by atoms with Crippen LogP contribution in [0.15, 0.2) is 0 Å². The molecule has 0 spiro atoms. The number of aliphatic hydroxyl groups excluding tert-OH is 1. The Hall–Kier alpha value is -0.900. The number of rotatable bonds is 1. The van der Waals surface area contributed by atoms with Crippen molar-refractivity contribution in [1.29, 1.82) is 0 Å². The number of aryl methyl sites for hydroxylation is 2. The van der Waals surface area contributed by atoms with Crippen LogP contribution in [0.3, 0.4) is 0 Å². The van der Waals surface area contributed by atoms with Crippen LogP contribution in [0.1, 0.15) is 11.4 Å². The van der Waals surface area contributed by atoms with E-state index in [1.54, 1.807) is 11.7 Å². The SMILES string of the molecule is Cc1nnn(C)c1CO. The Morgan fingerprint density at radius 2 is 2.33 bits per heavy atom. The predicted molar refractivity (Wildman–Crippen MR) is 31.7 cm³/mol. The van der Waals surface area contributed by atoms with Crippen LogP contribution in [0.2, 0.25) is 0 Å². The summed E-state index contributed by atoms with van der Waals surface area (Å²) in [6.45, 7) is 1.83. The molecule has 50 valence electrons. The summed E-state index contributed by atoms with van der Waals surface area (Å²) in [7, 11) is 1.76. The smallest absolute Gasteiger partial charge is 0.0868 e. The lowest BCUT2D eigenvalue weighted by Crippen LogP contribution is -1.98. The molecule has 1 aromatic rings. The van der Waals surface area contributed by atoms with Crippen LogP contribution in [0, 0.1) is 6.92 Å². The van der Waals surface area contributed by atoms with E-state index in [4.69, 9.17) is 5.11 Å². The third-order valence-corrected chi connectivity index (χ3v) is 1.29. The van der Waals surface area contributed by atoms with Crippen molar-refractivity contribution in [2.24, 2.45) is 7.05 Å². The third kappa shape index (κ3) is 0.929. The molecule has 0 saturated carbocycles. The van der Waals surface area contributed by atoms with Crippen LogP contribution in [-0.4, -0.2) is 20.1 Å². The van der Waals surface area contributed by atoms with E-state index in [0.29, 0.717) is 0 Å². The molecule has 0 amide bonds. The highest BCUT2D eigenvalue weighted by atomic mass is 16.3. The zero-order valence-corrected chi connectivity index (χ0v) is 5.50. The molecule has 4 heteroatoms. The topological polar surface area (TPSA) is 50.9 Å². The highest BCUT2D eigenvalue weighted by Gasteiger charge is 2.01. The first kappa shape index (κ1) is 6.22. The first-order valence-electron chi connectivity index (χ1n) is 2.71. The lowest BCUT2D eigenvalue weighted by molar-refractivity contribution is 0.270. The van der Waals surface area contributed by atoms with Gasteiger partial charge in [-0.2, -0.15) is 0 Å². The molecular formula is C5H9N3O. The molecule has 0 saturated heterocycles. The minimum Gasteiger partial charge on any atom is -0.390 e. The van der Waals surface area contributed by atoms with Crippen LogP contribution in [0.5, 0.6) is 0 Å². The molecule has 9 heavy (non-hydrogen) atoms. The quantitative estimate of drug-likeness (QED) is 0.559. The molecule has 1 aromatic heterocycles. The molecule has 0 aliphatic carbocycles. The summed E-state index contributed by atoms with van der Waals surface area (Å²) in [5.41, 5.74) is 1.56. The molecule has 0 unspecified atom stereocenters. The Labute approximate surface area is 53.1 Å². The fourth-order valence-electron chi connectivity index (χ4n) is 0.697. The average molecular weight is 127 g/mol. The molecule has 1 N–H and O–H groups in total. The first-order valence-corrected chi connectivity index (χ1v) is 2.71. The van der Waals surface area contributed by atoms with Crippen molar-refractivity contribution in [1.82, 2.24) is 15.0 Å². The minimum absolute atomic E-state index is 0.00926. The van der Waals surface area contributed by atoms with E-state index in [0.717, 1.165) is 11.4 Å². The molecule has 0 aromatic carbocycles. The van der Waals surface area contributed by atoms with Gasteiger partial charge in [0.05, 0.1) is 18.0 Å². The van der Waals surface area contributed by atoms with Gasteiger partial charge in [-0.15, -0.1) is 5.10 Å². The van der Waals surface area contributed by atoms with Crippen molar-refractivity contribution in [2.45, 2.75) is 13.5 Å². The summed E-state index contributed by atoms with van der Waals surface area (Å²) in [5.74, 6) is 0. The van der Waals surface area contributed by atoms with Gasteiger partial charge in [0.15, 0.2) is 0 Å². The van der Waals surface area contributed by atoms with Crippen LogP contribution in [0.4, 0.5) is 0 Å². The highest BCUT2D eigenvalue weighted by molar-refractivity contribution is 5.05. The Bertz CT molecular complexity index is 186. The van der Waals surface area contributed by atoms with E-state index in [1.165, 1.54) is 0 Å². The van der Waals surface area contributed by atoms with E-state index in [2.05, 4.69) is 10.3 Å². The molecule has 0 fully saturated rings. The van der Waals surface area contributed by atoms with E-state index >= 15 is 0 Å². The standard InChI is InChI=1S/C5H9N3O/c1-4-5(3-9)8(2)7-6-4/h9H,3H2,1-2H3. The molecule has 0 aliphatic rings. The largest absolute Gasteiger partial charge is 0.390 e. The summed E-state index contributed by atoms with van der Waals surface area (Å²) < 4.78 is 1.56. The van der Waals surface area contributed by atoms with Gasteiger partial charge >= 0.3 is 0 Å². The summed E-state index contributed by atoms with van der Waals surface area (Å²) >= 11 is 0. The lowest BCUT2D eigenvalue weighted by Gasteiger charge is -1.93. The van der Waals surface area contributed by atoms with Crippen molar-refractivity contribution >= 4 is 0 Å². The van der Waals surface area contributed by atoms with Gasteiger partial charge in [-0.25, -0.2) is 4.68 Å². The van der Waals surface area contributed by atoms with Gasteiger partial charge in [0, 0.05) is 7.05 Å². The minimum atomic E-state index is 0.00926. The summed E-state index contributed by atoms with van der Waals surface area (Å²) in [5, 5.41) is 16.1. The Kier molecular flexibility index (Phi) is 1.48. The lowest BCUT2D eigenvalue weighted by atomic mass is 10.4. The molecule has 0 aliphatic heterocycles. The number of nitrogens with zero attached hydrogens (tertiary/aromatic N) is 3. The molecule has 1 heterocycles. The van der Waals surface area contributed by atoms with Gasteiger partial charge in [-0.3, -0.25) is 0 Å². The Balaban J connectivity index is 3.07. The maximum atomic E-state index is 8.69. The maximum absolute atomic E-state index is 8.69. The Morgan fingerprint density at radius 3 is 2.56 bits per heavy atom. The van der Waals surface area contributed by atoms with Crippen LogP contribution >= 0.6 is 0 Å². The average Bonchev–Trinajstić information content (AvgIpc) is 2.12. The number of hydrogen-bond donors (Lipinski definition) is 1. The summed E-state index contributed by atoms with van der Waals surface area (Å²) in [6, 6.07) is 0. The molecule has 1 rings (SSSR count). The van der Waals surface area contributed by atoms with E-state index in [9.17, 15) is 0 Å². The van der Waals surface area contributed by atoms with Crippen LogP contribution in [-0.2, 0) is 13.7 Å². The molecule has 4 nitrogen and oxygen atoms in total. The van der Waals surface area contributed by atoms with Crippen molar-refractivity contribution in [2.75, 3.05) is 0 Å². The highest BCUT2D eigenvalue weighted by Crippen LogP contribution is 1.99. The fraction of sp³-hybridized carbons (Fsp3) is 0.600. The van der Waals surface area contributed by atoms with Gasteiger partial charge in [-0.05, 0) is 6.92 Å². The molecule has 0 atom stereocenters. The van der Waals surface area contributed by atoms with Crippen LogP contribution < -0.4 is 0 Å². The zero-order valence-electron chi connectivity index (χ0n) is 5.50. The third-order valence-electron chi connectivity index (χ3n) is 1.29. The van der Waals surface area contributed by atoms with E-state index in [-0.39, 0.29) is 6.61 Å². The van der Waals surface area contributed by atoms with Crippen molar-refractivity contribution in [3.8, 4) is 0 Å². The van der Waals surface area contributed by atoms with E-state index in [1.807, 2.05) is 6.92 Å². The second-order valence-corrected chi connectivity index (χ2v) is 1.90. The van der Waals surface area contributed by atoms with Gasteiger partial charge in [0.1, 0.15) is 0 Å². The predicted octanol–water partition coefficient (Wildman–Crippen LogP) is -0.384. The Morgan fingerprint density at radius 1 is 1.67 bits per heavy atom. The van der Waals surface area contributed by atoms with Gasteiger partial charge in [-0.1, -0.05) is 5.21 Å². The number of aromatic nitrogens is 3. The number of hydrogen-bond acceptors (Lipinski definition) is 3. The molecular weight excluding hydrogens is 118 g/mol. The van der Waals surface area contributed by atoms with Crippen molar-refractivity contribution in [3.63, 3.8) is 0 Å². The van der Waals surface area contributed by atoms with Gasteiger partial charge < -0.3 is 5.11 Å². The second-order valence-electron chi connectivity index (χ2n) is 1.90. The zero-order chi connectivity index (χ0) is 6.85.